The molecule has 2 amide bonds. The van der Waals surface area contributed by atoms with E-state index in [0.29, 0.717) is 42.4 Å². The Hall–Kier alpha value is -3.86. The van der Waals surface area contributed by atoms with Gasteiger partial charge in [-0.3, -0.25) is 9.59 Å². The topological polar surface area (TPSA) is 115 Å². The second-order valence-corrected chi connectivity index (χ2v) is 9.48. The number of rotatable bonds is 2. The van der Waals surface area contributed by atoms with Crippen LogP contribution in [0.2, 0.25) is 0 Å². The molecule has 0 unspecified atom stereocenters. The van der Waals surface area contributed by atoms with E-state index in [2.05, 4.69) is 25.7 Å². The predicted octanol–water partition coefficient (Wildman–Crippen LogP) is 1.93. The number of hydrogen-bond donors (Lipinski definition) is 2. The minimum atomic E-state index is -0.307. The number of nitrogens with zero attached hydrogens (tertiary/aromatic N) is 3. The molecule has 10 nitrogen and oxygen atoms in total. The van der Waals surface area contributed by atoms with Gasteiger partial charge in [-0.05, 0) is 42.8 Å². The van der Waals surface area contributed by atoms with Gasteiger partial charge in [-0.25, -0.2) is 0 Å². The number of aromatic nitrogens is 2. The quantitative estimate of drug-likeness (QED) is 0.554. The molecule has 11 heteroatoms. The van der Waals surface area contributed by atoms with Crippen molar-refractivity contribution in [2.45, 2.75) is 25.6 Å². The summed E-state index contributed by atoms with van der Waals surface area (Å²) in [6, 6.07) is 12.1. The highest BCUT2D eigenvalue weighted by molar-refractivity contribution is 7.15. The molecule has 6 rings (SSSR count). The van der Waals surface area contributed by atoms with Crippen molar-refractivity contribution in [1.29, 1.82) is 0 Å². The Morgan fingerprint density at radius 3 is 2.69 bits per heavy atom. The lowest BCUT2D eigenvalue weighted by molar-refractivity contribution is -0.123. The van der Waals surface area contributed by atoms with Crippen molar-refractivity contribution in [2.75, 3.05) is 31.7 Å². The molecule has 2 atom stereocenters. The maximum atomic E-state index is 13.2. The molecule has 35 heavy (non-hydrogen) atoms. The lowest BCUT2D eigenvalue weighted by Gasteiger charge is -2.21. The average Bonchev–Trinajstić information content (AvgIpc) is 3.47. The summed E-state index contributed by atoms with van der Waals surface area (Å²) in [5.74, 6) is 0.860. The summed E-state index contributed by atoms with van der Waals surface area (Å²) < 4.78 is 17.3. The molecule has 182 valence electrons. The number of benzene rings is 2. The largest absolute Gasteiger partial charge is 0.493 e. The zero-order valence-corrected chi connectivity index (χ0v) is 20.1. The van der Waals surface area contributed by atoms with E-state index in [1.54, 1.807) is 18.2 Å². The van der Waals surface area contributed by atoms with Crippen LogP contribution < -0.4 is 29.7 Å². The number of methoxy groups -OCH3 is 1. The van der Waals surface area contributed by atoms with Crippen LogP contribution in [0.1, 0.15) is 20.9 Å². The lowest BCUT2D eigenvalue weighted by atomic mass is 10.1. The minimum Gasteiger partial charge on any atom is -0.493 e. The Bertz CT molecular complexity index is 1230. The van der Waals surface area contributed by atoms with Gasteiger partial charge in [0.2, 0.25) is 5.13 Å². The Labute approximate surface area is 206 Å². The van der Waals surface area contributed by atoms with Crippen LogP contribution in [-0.4, -0.2) is 61.0 Å². The number of hydrogen-bond acceptors (Lipinski definition) is 9. The van der Waals surface area contributed by atoms with Gasteiger partial charge in [0.05, 0.1) is 19.7 Å². The van der Waals surface area contributed by atoms with Crippen LogP contribution in [0.3, 0.4) is 0 Å². The second kappa shape index (κ2) is 9.79. The first-order chi connectivity index (χ1) is 17.0. The van der Waals surface area contributed by atoms with Crippen molar-refractivity contribution in [1.82, 2.24) is 20.8 Å². The lowest BCUT2D eigenvalue weighted by Crippen LogP contribution is -2.45. The average molecular weight is 496 g/mol. The van der Waals surface area contributed by atoms with Crippen LogP contribution in [0.15, 0.2) is 42.5 Å². The number of ether oxygens (including phenoxy) is 3. The van der Waals surface area contributed by atoms with E-state index in [9.17, 15) is 9.59 Å². The minimum absolute atomic E-state index is 0.205. The number of carbonyl (C=O) groups excluding carboxylic acids is 2. The molecule has 3 aliphatic rings. The standard InChI is InChI=1S/C24H25N5O5S/c1-14-27-28-24(35-14)29-11-18-21(12-29)34-17-6-3-15(4-7-17)10-25-22(30)13-33-20-9-16(23(31)26-18)5-8-19(20)32-2/h3-9,18,21H,10-13H2,1-2H3,(H,25,30)(H,26,31)/t18-,21-/m0/s1. The van der Waals surface area contributed by atoms with E-state index >= 15 is 0 Å². The van der Waals surface area contributed by atoms with Crippen molar-refractivity contribution in [3.05, 3.63) is 58.6 Å². The van der Waals surface area contributed by atoms with Crippen LogP contribution in [0.5, 0.6) is 17.2 Å². The van der Waals surface area contributed by atoms with Gasteiger partial charge in [-0.2, -0.15) is 0 Å². The number of anilines is 1. The van der Waals surface area contributed by atoms with Gasteiger partial charge in [-0.1, -0.05) is 23.5 Å². The molecule has 2 aromatic carbocycles. The van der Waals surface area contributed by atoms with Gasteiger partial charge < -0.3 is 29.7 Å². The van der Waals surface area contributed by atoms with Crippen molar-refractivity contribution >= 4 is 28.3 Å². The first-order valence-corrected chi connectivity index (χ1v) is 12.0. The van der Waals surface area contributed by atoms with Gasteiger partial charge >= 0.3 is 0 Å². The van der Waals surface area contributed by atoms with Gasteiger partial charge in [0.1, 0.15) is 16.9 Å². The fourth-order valence-electron chi connectivity index (χ4n) is 4.04. The van der Waals surface area contributed by atoms with E-state index < -0.39 is 0 Å². The van der Waals surface area contributed by atoms with Gasteiger partial charge in [0.25, 0.3) is 11.8 Å². The molecule has 1 aromatic heterocycles. The molecule has 2 N–H and O–H groups in total. The van der Waals surface area contributed by atoms with E-state index in [1.165, 1.54) is 18.4 Å². The third-order valence-corrected chi connectivity index (χ3v) is 6.75. The van der Waals surface area contributed by atoms with Crippen LogP contribution in [0.4, 0.5) is 5.13 Å². The molecular formula is C24H25N5O5S. The van der Waals surface area contributed by atoms with Crippen molar-refractivity contribution in [3.8, 4) is 17.2 Å². The Kier molecular flexibility index (Phi) is 6.41. The van der Waals surface area contributed by atoms with Crippen molar-refractivity contribution in [3.63, 3.8) is 0 Å². The van der Waals surface area contributed by atoms with Crippen LogP contribution >= 0.6 is 11.3 Å². The normalized spacial score (nSPS) is 20.2. The molecule has 0 aliphatic carbocycles. The number of aryl methyl sites for hydroxylation is 1. The highest BCUT2D eigenvalue weighted by Crippen LogP contribution is 2.30. The summed E-state index contributed by atoms with van der Waals surface area (Å²) in [6.45, 7) is 3.14. The zero-order valence-electron chi connectivity index (χ0n) is 19.3. The fraction of sp³-hybridized carbons (Fsp3) is 0.333. The number of nitrogens with one attached hydrogen (secondary N) is 2. The number of fused-ring (bicyclic) bond motifs is 7. The summed E-state index contributed by atoms with van der Waals surface area (Å²) in [5, 5.41) is 16.0. The molecule has 4 bridgehead atoms. The van der Waals surface area contributed by atoms with Gasteiger partial charge in [0.15, 0.2) is 18.1 Å². The Morgan fingerprint density at radius 2 is 1.94 bits per heavy atom. The van der Waals surface area contributed by atoms with E-state index in [0.717, 1.165) is 15.7 Å². The number of carbonyl (C=O) groups is 2. The molecule has 0 radical (unpaired) electrons. The highest BCUT2D eigenvalue weighted by Gasteiger charge is 2.37. The first-order valence-electron chi connectivity index (χ1n) is 11.2. The monoisotopic (exact) mass is 495 g/mol. The first kappa shape index (κ1) is 22.9. The third-order valence-electron chi connectivity index (χ3n) is 5.85. The molecule has 3 aromatic rings. The SMILES string of the molecule is COc1ccc2cc1OCC(=O)NCc1ccc(cc1)O[C@H]1CN(c3nnc(C)s3)C[C@@H]1NC2=O. The molecule has 0 spiro atoms. The van der Waals surface area contributed by atoms with E-state index in [1.807, 2.05) is 31.2 Å². The fourth-order valence-corrected chi connectivity index (χ4v) is 4.75. The summed E-state index contributed by atoms with van der Waals surface area (Å²) >= 11 is 1.50. The molecule has 4 heterocycles. The Balaban J connectivity index is 1.46. The van der Waals surface area contributed by atoms with Crippen molar-refractivity contribution < 1.29 is 23.8 Å². The summed E-state index contributed by atoms with van der Waals surface area (Å²) in [4.78, 5) is 27.6. The molecule has 3 aliphatic heterocycles. The van der Waals surface area contributed by atoms with E-state index in [4.69, 9.17) is 14.2 Å². The van der Waals surface area contributed by atoms with Gasteiger partial charge in [-0.15, -0.1) is 10.2 Å². The summed E-state index contributed by atoms with van der Waals surface area (Å²) in [7, 11) is 1.51. The summed E-state index contributed by atoms with van der Waals surface area (Å²) in [5.41, 5.74) is 1.32. The van der Waals surface area contributed by atoms with Crippen LogP contribution in [-0.2, 0) is 11.3 Å². The number of amides is 2. The molecule has 0 saturated carbocycles. The highest BCUT2D eigenvalue weighted by atomic mass is 32.1. The maximum Gasteiger partial charge on any atom is 0.258 e. The third kappa shape index (κ3) is 5.14. The molecule has 1 fully saturated rings. The summed E-state index contributed by atoms with van der Waals surface area (Å²) in [6.07, 6.45) is -0.307. The van der Waals surface area contributed by atoms with E-state index in [-0.39, 0.29) is 30.6 Å². The molecule has 1 saturated heterocycles. The predicted molar refractivity (Wildman–Crippen MR) is 129 cm³/mol. The second-order valence-electron chi connectivity index (χ2n) is 8.32. The van der Waals surface area contributed by atoms with Crippen molar-refractivity contribution in [2.24, 2.45) is 0 Å². The smallest absolute Gasteiger partial charge is 0.258 e. The van der Waals surface area contributed by atoms with Crippen LogP contribution in [0.25, 0.3) is 0 Å². The van der Waals surface area contributed by atoms with Gasteiger partial charge in [0, 0.05) is 18.7 Å². The Morgan fingerprint density at radius 1 is 1.11 bits per heavy atom. The maximum absolute atomic E-state index is 13.2. The molecular weight excluding hydrogens is 470 g/mol. The zero-order chi connectivity index (χ0) is 24.4. The van der Waals surface area contributed by atoms with Crippen LogP contribution in [0, 0.1) is 6.92 Å².